The van der Waals surface area contributed by atoms with Crippen molar-refractivity contribution in [1.82, 2.24) is 0 Å². The van der Waals surface area contributed by atoms with Crippen LogP contribution in [-0.2, 0) is 9.53 Å². The Morgan fingerprint density at radius 3 is 2.62 bits per heavy atom. The number of carboxylic acids is 1. The number of hydrogen-bond donors (Lipinski definition) is 1. The van der Waals surface area contributed by atoms with Crippen LogP contribution in [0.15, 0.2) is 36.1 Å². The molecule has 0 amide bonds. The van der Waals surface area contributed by atoms with Gasteiger partial charge in [-0.2, -0.15) is 0 Å². The molecule has 1 aliphatic heterocycles. The van der Waals surface area contributed by atoms with Gasteiger partial charge in [0, 0.05) is 6.42 Å². The highest BCUT2D eigenvalue weighted by Gasteiger charge is 2.28. The summed E-state index contributed by atoms with van der Waals surface area (Å²) in [5.41, 5.74) is 1.26. The van der Waals surface area contributed by atoms with Crippen LogP contribution in [0.1, 0.15) is 26.2 Å². The third-order valence-corrected chi connectivity index (χ3v) is 2.45. The summed E-state index contributed by atoms with van der Waals surface area (Å²) in [5.74, 6) is 0.403. The van der Waals surface area contributed by atoms with Gasteiger partial charge in [-0.3, -0.25) is 4.79 Å². The monoisotopic (exact) mass is 222 g/mol. The molecule has 2 rings (SSSR count). The zero-order chi connectivity index (χ0) is 12.0. The Morgan fingerprint density at radius 1 is 1.56 bits per heavy atom. The third-order valence-electron chi connectivity index (χ3n) is 2.45. The van der Waals surface area contributed by atoms with E-state index in [4.69, 9.17) is 9.84 Å². The van der Waals surface area contributed by atoms with Crippen LogP contribution >= 0.6 is 0 Å². The van der Waals surface area contributed by atoms with Crippen molar-refractivity contribution in [2.45, 2.75) is 26.2 Å². The number of aliphatic carboxylic acids is 1. The predicted octanol–water partition coefficient (Wildman–Crippen LogP) is 2.90. The van der Waals surface area contributed by atoms with Crippen LogP contribution in [0.2, 0.25) is 0 Å². The Balaban J connectivity index is 0.000000181. The van der Waals surface area contributed by atoms with Gasteiger partial charge < -0.3 is 9.84 Å². The molecule has 1 saturated heterocycles. The number of carboxylic acid groups (broad SMARTS) is 1. The van der Waals surface area contributed by atoms with Gasteiger partial charge in [-0.1, -0.05) is 18.7 Å². The maximum absolute atomic E-state index is 9.76. The molecule has 2 aliphatic rings. The SMILES string of the molecule is C=C/C=C1/CCO/C1=C/C.O=C(O)C1CC1. The van der Waals surface area contributed by atoms with E-state index in [2.05, 4.69) is 6.58 Å². The number of rotatable bonds is 2. The van der Waals surface area contributed by atoms with Crippen LogP contribution in [0, 0.1) is 5.92 Å². The first-order valence-electron chi connectivity index (χ1n) is 5.53. The van der Waals surface area contributed by atoms with Crippen molar-refractivity contribution in [1.29, 1.82) is 0 Å². The molecular formula is C13H18O3. The molecule has 0 spiro atoms. The molecule has 1 saturated carbocycles. The second kappa shape index (κ2) is 6.16. The lowest BCUT2D eigenvalue weighted by atomic mass is 10.2. The van der Waals surface area contributed by atoms with Crippen molar-refractivity contribution >= 4 is 5.97 Å². The van der Waals surface area contributed by atoms with E-state index in [1.54, 1.807) is 6.08 Å². The number of carbonyl (C=O) groups is 1. The second-order valence-electron chi connectivity index (χ2n) is 3.79. The average molecular weight is 222 g/mol. The second-order valence-corrected chi connectivity index (χ2v) is 3.79. The van der Waals surface area contributed by atoms with Crippen molar-refractivity contribution in [2.75, 3.05) is 6.61 Å². The minimum Gasteiger partial charge on any atom is -0.493 e. The van der Waals surface area contributed by atoms with Crippen LogP contribution in [0.4, 0.5) is 0 Å². The average Bonchev–Trinajstić information content (AvgIpc) is 3.02. The van der Waals surface area contributed by atoms with Crippen molar-refractivity contribution < 1.29 is 14.6 Å². The lowest BCUT2D eigenvalue weighted by Crippen LogP contribution is -1.94. The normalized spacial score (nSPS) is 23.6. The fourth-order valence-electron chi connectivity index (χ4n) is 1.39. The molecule has 0 aromatic carbocycles. The van der Waals surface area contributed by atoms with E-state index in [9.17, 15) is 4.79 Å². The Labute approximate surface area is 96.1 Å². The van der Waals surface area contributed by atoms with Gasteiger partial charge in [-0.25, -0.2) is 0 Å². The molecular weight excluding hydrogens is 204 g/mol. The summed E-state index contributed by atoms with van der Waals surface area (Å²) in [4.78, 5) is 9.76. The van der Waals surface area contributed by atoms with Gasteiger partial charge >= 0.3 is 5.97 Å². The molecule has 0 aromatic rings. The molecule has 0 bridgehead atoms. The van der Waals surface area contributed by atoms with Crippen molar-refractivity contribution in [2.24, 2.45) is 5.92 Å². The smallest absolute Gasteiger partial charge is 0.306 e. The van der Waals surface area contributed by atoms with Crippen molar-refractivity contribution in [3.8, 4) is 0 Å². The van der Waals surface area contributed by atoms with E-state index >= 15 is 0 Å². The highest BCUT2D eigenvalue weighted by Crippen LogP contribution is 2.28. The van der Waals surface area contributed by atoms with Gasteiger partial charge in [0.15, 0.2) is 0 Å². The standard InChI is InChI=1S/C9H12O.C4H6O2/c1-3-5-8-6-7-10-9(8)4-2;5-4(6)3-1-2-3/h3-5H,1,6-7H2,2H3;3H,1-2H2,(H,5,6)/b8-5-,9-4+;. The first-order chi connectivity index (χ1) is 7.69. The summed E-state index contributed by atoms with van der Waals surface area (Å²) < 4.78 is 5.31. The maximum atomic E-state index is 9.76. The van der Waals surface area contributed by atoms with E-state index in [0.29, 0.717) is 0 Å². The summed E-state index contributed by atoms with van der Waals surface area (Å²) in [7, 11) is 0. The number of allylic oxidation sites excluding steroid dienone is 4. The molecule has 16 heavy (non-hydrogen) atoms. The van der Waals surface area contributed by atoms with Crippen LogP contribution in [0.5, 0.6) is 0 Å². The van der Waals surface area contributed by atoms with Crippen LogP contribution < -0.4 is 0 Å². The maximum Gasteiger partial charge on any atom is 0.306 e. The molecule has 1 aliphatic carbocycles. The van der Waals surface area contributed by atoms with Crippen molar-refractivity contribution in [3.05, 3.63) is 36.1 Å². The highest BCUT2D eigenvalue weighted by atomic mass is 16.5. The molecule has 0 unspecified atom stereocenters. The van der Waals surface area contributed by atoms with Crippen LogP contribution in [0.25, 0.3) is 0 Å². The van der Waals surface area contributed by atoms with Gasteiger partial charge in [-0.05, 0) is 31.4 Å². The summed E-state index contributed by atoms with van der Waals surface area (Å²) in [6.07, 6.45) is 8.61. The fraction of sp³-hybridized carbons (Fsp3) is 0.462. The predicted molar refractivity (Wildman–Crippen MR) is 63.0 cm³/mol. The largest absolute Gasteiger partial charge is 0.493 e. The quantitative estimate of drug-likeness (QED) is 0.781. The lowest BCUT2D eigenvalue weighted by Gasteiger charge is -1.95. The zero-order valence-electron chi connectivity index (χ0n) is 9.61. The van der Waals surface area contributed by atoms with Gasteiger partial charge in [0.05, 0.1) is 12.5 Å². The summed E-state index contributed by atoms with van der Waals surface area (Å²) in [5, 5.41) is 8.05. The van der Waals surface area contributed by atoms with Gasteiger partial charge in [0.1, 0.15) is 5.76 Å². The highest BCUT2D eigenvalue weighted by molar-refractivity contribution is 5.72. The Bertz CT molecular complexity index is 322. The van der Waals surface area contributed by atoms with E-state index < -0.39 is 5.97 Å². The molecule has 2 fully saturated rings. The number of hydrogen-bond acceptors (Lipinski definition) is 2. The van der Waals surface area contributed by atoms with E-state index in [-0.39, 0.29) is 5.92 Å². The number of ether oxygens (including phenoxy) is 1. The van der Waals surface area contributed by atoms with Gasteiger partial charge in [-0.15, -0.1) is 0 Å². The molecule has 3 heteroatoms. The topological polar surface area (TPSA) is 46.5 Å². The minimum absolute atomic E-state index is 0.0185. The molecule has 1 heterocycles. The molecule has 0 aromatic heterocycles. The first-order valence-corrected chi connectivity index (χ1v) is 5.53. The van der Waals surface area contributed by atoms with E-state index in [1.807, 2.05) is 19.1 Å². The summed E-state index contributed by atoms with van der Waals surface area (Å²) in [6, 6.07) is 0. The summed E-state index contributed by atoms with van der Waals surface area (Å²) in [6.45, 7) is 6.44. The first kappa shape index (κ1) is 12.6. The molecule has 0 radical (unpaired) electrons. The van der Waals surface area contributed by atoms with E-state index in [0.717, 1.165) is 31.6 Å². The Morgan fingerprint density at radius 2 is 2.25 bits per heavy atom. The Hall–Kier alpha value is -1.51. The van der Waals surface area contributed by atoms with Gasteiger partial charge in [0.25, 0.3) is 0 Å². The van der Waals surface area contributed by atoms with Crippen LogP contribution in [-0.4, -0.2) is 17.7 Å². The van der Waals surface area contributed by atoms with Gasteiger partial charge in [0.2, 0.25) is 0 Å². The minimum atomic E-state index is -0.630. The van der Waals surface area contributed by atoms with Crippen LogP contribution in [0.3, 0.4) is 0 Å². The van der Waals surface area contributed by atoms with Crippen molar-refractivity contribution in [3.63, 3.8) is 0 Å². The zero-order valence-corrected chi connectivity index (χ0v) is 9.61. The third kappa shape index (κ3) is 3.93. The molecule has 3 nitrogen and oxygen atoms in total. The summed E-state index contributed by atoms with van der Waals surface area (Å²) >= 11 is 0. The lowest BCUT2D eigenvalue weighted by molar-refractivity contribution is -0.138. The van der Waals surface area contributed by atoms with E-state index in [1.165, 1.54) is 5.57 Å². The Kier molecular flexibility index (Phi) is 4.83. The molecule has 1 N–H and O–H groups in total. The molecule has 88 valence electrons. The fourth-order valence-corrected chi connectivity index (χ4v) is 1.39. The molecule has 0 atom stereocenters.